The van der Waals surface area contributed by atoms with Gasteiger partial charge < -0.3 is 5.32 Å². The number of aryl methyl sites for hydroxylation is 1. The third-order valence-corrected chi connectivity index (χ3v) is 4.79. The fourth-order valence-electron chi connectivity index (χ4n) is 3.41. The number of anilines is 2. The highest BCUT2D eigenvalue weighted by molar-refractivity contribution is 5.96. The van der Waals surface area contributed by atoms with Crippen molar-refractivity contribution in [2.45, 2.75) is 51.9 Å². The van der Waals surface area contributed by atoms with Crippen LogP contribution in [0.5, 0.6) is 0 Å². The Bertz CT molecular complexity index is 776. The number of unbranched alkanes of at least 4 members (excludes halogenated alkanes) is 5. The van der Waals surface area contributed by atoms with Gasteiger partial charge in [0.05, 0.1) is 0 Å². The number of rotatable bonds is 9. The van der Waals surface area contributed by atoms with Gasteiger partial charge in [0.1, 0.15) is 0 Å². The van der Waals surface area contributed by atoms with Gasteiger partial charge >= 0.3 is 0 Å². The van der Waals surface area contributed by atoms with E-state index in [1.54, 1.807) is 0 Å². The molecule has 0 radical (unpaired) electrons. The van der Waals surface area contributed by atoms with Crippen molar-refractivity contribution in [3.8, 4) is 0 Å². The normalized spacial score (nSPS) is 10.9. The smallest absolute Gasteiger partial charge is 0.0466 e. The molecule has 0 spiro atoms. The van der Waals surface area contributed by atoms with Crippen molar-refractivity contribution in [2.24, 2.45) is 0 Å². The molecular formula is C24H29N. The fraction of sp³-hybridized carbons (Fsp3) is 0.333. The van der Waals surface area contributed by atoms with Gasteiger partial charge in [0.25, 0.3) is 0 Å². The summed E-state index contributed by atoms with van der Waals surface area (Å²) >= 11 is 0. The third kappa shape index (κ3) is 5.09. The molecular weight excluding hydrogens is 302 g/mol. The molecule has 25 heavy (non-hydrogen) atoms. The highest BCUT2D eigenvalue weighted by Gasteiger charge is 2.05. The van der Waals surface area contributed by atoms with Crippen LogP contribution in [-0.4, -0.2) is 0 Å². The lowest BCUT2D eigenvalue weighted by Crippen LogP contribution is -1.94. The SMILES string of the molecule is CCCCCCCCc1cc(Nc2ccccc2)c2ccccc2c1. The average Bonchev–Trinajstić information content (AvgIpc) is 2.65. The fourth-order valence-corrected chi connectivity index (χ4v) is 3.41. The Kier molecular flexibility index (Phi) is 6.50. The molecule has 130 valence electrons. The molecule has 1 N–H and O–H groups in total. The summed E-state index contributed by atoms with van der Waals surface area (Å²) in [5.74, 6) is 0. The Morgan fingerprint density at radius 2 is 1.44 bits per heavy atom. The molecule has 3 aromatic carbocycles. The molecule has 0 aromatic heterocycles. The van der Waals surface area contributed by atoms with Crippen LogP contribution in [0.15, 0.2) is 66.7 Å². The van der Waals surface area contributed by atoms with E-state index in [0.717, 1.165) is 5.69 Å². The number of fused-ring (bicyclic) bond motifs is 1. The predicted octanol–water partition coefficient (Wildman–Crippen LogP) is 7.49. The molecule has 0 unspecified atom stereocenters. The molecule has 0 bridgehead atoms. The van der Waals surface area contributed by atoms with Crippen molar-refractivity contribution in [3.63, 3.8) is 0 Å². The van der Waals surface area contributed by atoms with Crippen LogP contribution in [0.25, 0.3) is 10.8 Å². The van der Waals surface area contributed by atoms with E-state index in [4.69, 9.17) is 0 Å². The molecule has 1 heteroatoms. The maximum atomic E-state index is 3.61. The van der Waals surface area contributed by atoms with Crippen LogP contribution in [0.2, 0.25) is 0 Å². The zero-order valence-electron chi connectivity index (χ0n) is 15.3. The van der Waals surface area contributed by atoms with Gasteiger partial charge in [-0.1, -0.05) is 87.6 Å². The molecule has 0 heterocycles. The molecule has 0 fully saturated rings. The first-order valence-electron chi connectivity index (χ1n) is 9.70. The summed E-state index contributed by atoms with van der Waals surface area (Å²) in [6.45, 7) is 2.27. The first-order valence-corrected chi connectivity index (χ1v) is 9.70. The van der Waals surface area contributed by atoms with Gasteiger partial charge in [-0.25, -0.2) is 0 Å². The second-order valence-electron chi connectivity index (χ2n) is 6.87. The van der Waals surface area contributed by atoms with E-state index in [2.05, 4.69) is 79.0 Å². The van der Waals surface area contributed by atoms with E-state index in [-0.39, 0.29) is 0 Å². The van der Waals surface area contributed by atoms with Crippen LogP contribution < -0.4 is 5.32 Å². The predicted molar refractivity (Wildman–Crippen MR) is 111 cm³/mol. The summed E-state index contributed by atoms with van der Waals surface area (Å²) in [5.41, 5.74) is 3.79. The summed E-state index contributed by atoms with van der Waals surface area (Å²) in [6, 6.07) is 23.8. The van der Waals surface area contributed by atoms with Crippen LogP contribution in [-0.2, 0) is 6.42 Å². The molecule has 0 aliphatic heterocycles. The van der Waals surface area contributed by atoms with Crippen LogP contribution in [0.3, 0.4) is 0 Å². The zero-order valence-corrected chi connectivity index (χ0v) is 15.3. The van der Waals surface area contributed by atoms with Gasteiger partial charge in [-0.15, -0.1) is 0 Å². The molecule has 0 amide bonds. The molecule has 3 rings (SSSR count). The molecule has 1 nitrogen and oxygen atoms in total. The number of hydrogen-bond acceptors (Lipinski definition) is 1. The van der Waals surface area contributed by atoms with Crippen molar-refractivity contribution < 1.29 is 0 Å². The van der Waals surface area contributed by atoms with Crippen LogP contribution in [0.1, 0.15) is 51.0 Å². The topological polar surface area (TPSA) is 12.0 Å². The van der Waals surface area contributed by atoms with Gasteiger partial charge in [-0.05, 0) is 42.0 Å². The van der Waals surface area contributed by atoms with E-state index in [1.165, 1.54) is 67.0 Å². The summed E-state index contributed by atoms with van der Waals surface area (Å²) in [6.07, 6.45) is 9.24. The first-order chi connectivity index (χ1) is 12.4. The second-order valence-corrected chi connectivity index (χ2v) is 6.87. The van der Waals surface area contributed by atoms with Gasteiger partial charge in [-0.2, -0.15) is 0 Å². The summed E-state index contributed by atoms with van der Waals surface area (Å²) in [4.78, 5) is 0. The standard InChI is InChI=1S/C24H29N/c1-2-3-4-5-6-8-13-20-18-21-14-11-12-17-23(21)24(19-20)25-22-15-9-7-10-16-22/h7,9-12,14-19,25H,2-6,8,13H2,1H3. The average molecular weight is 332 g/mol. The summed E-state index contributed by atoms with van der Waals surface area (Å²) in [7, 11) is 0. The second kappa shape index (κ2) is 9.27. The largest absolute Gasteiger partial charge is 0.355 e. The van der Waals surface area contributed by atoms with Gasteiger partial charge in [0.2, 0.25) is 0 Å². The minimum absolute atomic E-state index is 1.14. The maximum absolute atomic E-state index is 3.61. The lowest BCUT2D eigenvalue weighted by Gasteiger charge is -2.13. The van der Waals surface area contributed by atoms with Crippen LogP contribution in [0.4, 0.5) is 11.4 Å². The molecule has 3 aromatic rings. The summed E-state index contributed by atoms with van der Waals surface area (Å²) in [5, 5.41) is 6.22. The van der Waals surface area contributed by atoms with Crippen molar-refractivity contribution >= 4 is 22.1 Å². The Labute approximate surface area is 152 Å². The zero-order chi connectivity index (χ0) is 17.3. The van der Waals surface area contributed by atoms with E-state index in [0.29, 0.717) is 0 Å². The quantitative estimate of drug-likeness (QED) is 0.400. The molecule has 0 saturated carbocycles. The minimum Gasteiger partial charge on any atom is -0.355 e. The number of nitrogens with one attached hydrogen (secondary N) is 1. The highest BCUT2D eigenvalue weighted by atomic mass is 14.9. The van der Waals surface area contributed by atoms with E-state index in [1.807, 2.05) is 0 Å². The maximum Gasteiger partial charge on any atom is 0.0466 e. The van der Waals surface area contributed by atoms with Crippen LogP contribution in [0, 0.1) is 0 Å². The third-order valence-electron chi connectivity index (χ3n) is 4.79. The summed E-state index contributed by atoms with van der Waals surface area (Å²) < 4.78 is 0. The Morgan fingerprint density at radius 1 is 0.720 bits per heavy atom. The van der Waals surface area contributed by atoms with Crippen molar-refractivity contribution in [1.82, 2.24) is 0 Å². The molecule has 0 aliphatic carbocycles. The molecule has 0 atom stereocenters. The minimum atomic E-state index is 1.14. The molecule has 0 aliphatic rings. The van der Waals surface area contributed by atoms with Crippen molar-refractivity contribution in [3.05, 3.63) is 72.3 Å². The van der Waals surface area contributed by atoms with E-state index in [9.17, 15) is 0 Å². The molecule has 0 saturated heterocycles. The van der Waals surface area contributed by atoms with Crippen molar-refractivity contribution in [2.75, 3.05) is 5.32 Å². The highest BCUT2D eigenvalue weighted by Crippen LogP contribution is 2.29. The van der Waals surface area contributed by atoms with E-state index >= 15 is 0 Å². The first kappa shape index (κ1) is 17.5. The number of hydrogen-bond donors (Lipinski definition) is 1. The Morgan fingerprint density at radius 3 is 2.28 bits per heavy atom. The van der Waals surface area contributed by atoms with Gasteiger partial charge in [0.15, 0.2) is 0 Å². The van der Waals surface area contributed by atoms with Gasteiger partial charge in [-0.3, -0.25) is 0 Å². The van der Waals surface area contributed by atoms with Crippen LogP contribution >= 0.6 is 0 Å². The van der Waals surface area contributed by atoms with Gasteiger partial charge in [0, 0.05) is 16.8 Å². The Balaban J connectivity index is 1.73. The Hall–Kier alpha value is -2.28. The monoisotopic (exact) mass is 331 g/mol. The van der Waals surface area contributed by atoms with Crippen molar-refractivity contribution in [1.29, 1.82) is 0 Å². The van der Waals surface area contributed by atoms with E-state index < -0.39 is 0 Å². The lowest BCUT2D eigenvalue weighted by molar-refractivity contribution is 0.607. The number of benzene rings is 3. The number of para-hydroxylation sites is 1. The lowest BCUT2D eigenvalue weighted by atomic mass is 10.00.